The molecule has 10 heteroatoms. The minimum absolute atomic E-state index is 0.155. The van der Waals surface area contributed by atoms with Crippen LogP contribution in [0.25, 0.3) is 16.3 Å². The molecular formula is C23H21N3O6S. The number of fused-ring (bicyclic) bond motifs is 1. The number of nitrogens with zero attached hydrogens (tertiary/aromatic N) is 2. The van der Waals surface area contributed by atoms with Gasteiger partial charge in [0.05, 0.1) is 4.90 Å². The van der Waals surface area contributed by atoms with Crippen molar-refractivity contribution in [3.63, 3.8) is 0 Å². The molecule has 0 saturated carbocycles. The number of hydrogen-bond acceptors (Lipinski definition) is 6. The van der Waals surface area contributed by atoms with Crippen molar-refractivity contribution in [2.75, 3.05) is 19.6 Å². The topological polar surface area (TPSA) is 137 Å². The maximum Gasteiger partial charge on any atom is 0.322 e. The predicted octanol–water partition coefficient (Wildman–Crippen LogP) is 2.23. The van der Waals surface area contributed by atoms with Crippen LogP contribution in [0.15, 0.2) is 65.7 Å². The molecule has 33 heavy (non-hydrogen) atoms. The molecule has 3 aromatic rings. The number of sulfonamides is 1. The van der Waals surface area contributed by atoms with Crippen molar-refractivity contribution in [3.05, 3.63) is 72.1 Å². The average Bonchev–Trinajstić information content (AvgIpc) is 2.82. The van der Waals surface area contributed by atoms with E-state index in [1.807, 2.05) is 18.2 Å². The lowest BCUT2D eigenvalue weighted by Crippen LogP contribution is -2.34. The SMILES string of the molecule is O=C(O)CNC(=O)c1ncc(C2=CCN(S(=O)(=O)c3cccc4ccccc34)CC2)cc1O. The van der Waals surface area contributed by atoms with Crippen molar-refractivity contribution in [1.29, 1.82) is 0 Å². The van der Waals surface area contributed by atoms with Crippen LogP contribution in [0.1, 0.15) is 22.5 Å². The zero-order valence-electron chi connectivity index (χ0n) is 17.4. The van der Waals surface area contributed by atoms with Gasteiger partial charge in [-0.1, -0.05) is 42.5 Å². The maximum absolute atomic E-state index is 13.3. The van der Waals surface area contributed by atoms with E-state index in [1.54, 1.807) is 30.3 Å². The first-order valence-electron chi connectivity index (χ1n) is 10.1. The summed E-state index contributed by atoms with van der Waals surface area (Å²) in [5.74, 6) is -2.40. The summed E-state index contributed by atoms with van der Waals surface area (Å²) in [5.41, 5.74) is 1.07. The van der Waals surface area contributed by atoms with Crippen molar-refractivity contribution >= 4 is 38.2 Å². The number of aliphatic carboxylic acids is 1. The fraction of sp³-hybridized carbons (Fsp3) is 0.174. The van der Waals surface area contributed by atoms with Gasteiger partial charge in [-0.25, -0.2) is 13.4 Å². The van der Waals surface area contributed by atoms with Crippen molar-refractivity contribution in [3.8, 4) is 5.75 Å². The molecule has 0 aliphatic carbocycles. The molecule has 0 radical (unpaired) electrons. The number of hydrogen-bond donors (Lipinski definition) is 3. The van der Waals surface area contributed by atoms with Crippen LogP contribution in [0, 0.1) is 0 Å². The third kappa shape index (κ3) is 4.57. The van der Waals surface area contributed by atoms with Gasteiger partial charge in [-0.05, 0) is 35.1 Å². The van der Waals surface area contributed by atoms with Crippen molar-refractivity contribution < 1.29 is 28.2 Å². The number of aromatic nitrogens is 1. The number of nitrogens with one attached hydrogen (secondary N) is 1. The molecule has 0 unspecified atom stereocenters. The highest BCUT2D eigenvalue weighted by Crippen LogP contribution is 2.30. The molecular weight excluding hydrogens is 446 g/mol. The number of carboxylic acid groups (broad SMARTS) is 1. The molecule has 2 aromatic carbocycles. The van der Waals surface area contributed by atoms with Crippen LogP contribution in [0.5, 0.6) is 5.75 Å². The van der Waals surface area contributed by atoms with Crippen LogP contribution in [-0.4, -0.2) is 59.4 Å². The Kier molecular flexibility index (Phi) is 6.12. The molecule has 0 bridgehead atoms. The van der Waals surface area contributed by atoms with Crippen LogP contribution >= 0.6 is 0 Å². The molecule has 1 aliphatic heterocycles. The number of aromatic hydroxyl groups is 1. The Morgan fingerprint density at radius 1 is 1.12 bits per heavy atom. The van der Waals surface area contributed by atoms with E-state index in [-0.39, 0.29) is 29.4 Å². The predicted molar refractivity (Wildman–Crippen MR) is 121 cm³/mol. The molecule has 0 spiro atoms. The van der Waals surface area contributed by atoms with Crippen molar-refractivity contribution in [1.82, 2.24) is 14.6 Å². The summed E-state index contributed by atoms with van der Waals surface area (Å²) >= 11 is 0. The molecule has 170 valence electrons. The number of amides is 1. The first-order valence-corrected chi connectivity index (χ1v) is 11.6. The van der Waals surface area contributed by atoms with Crippen LogP contribution in [0.3, 0.4) is 0 Å². The van der Waals surface area contributed by atoms with E-state index < -0.39 is 28.4 Å². The summed E-state index contributed by atoms with van der Waals surface area (Å²) in [6, 6.07) is 13.9. The van der Waals surface area contributed by atoms with Gasteiger partial charge in [0.15, 0.2) is 5.69 Å². The summed E-state index contributed by atoms with van der Waals surface area (Å²) in [6.07, 6.45) is 3.55. The van der Waals surface area contributed by atoms with Gasteiger partial charge in [0.1, 0.15) is 12.3 Å². The number of carbonyl (C=O) groups excluding carboxylic acids is 1. The second-order valence-electron chi connectivity index (χ2n) is 7.49. The van der Waals surface area contributed by atoms with Gasteiger partial charge in [0.2, 0.25) is 10.0 Å². The Balaban J connectivity index is 1.53. The second-order valence-corrected chi connectivity index (χ2v) is 9.39. The Bertz CT molecular complexity index is 1380. The average molecular weight is 468 g/mol. The quantitative estimate of drug-likeness (QED) is 0.506. The van der Waals surface area contributed by atoms with Gasteiger partial charge in [-0.15, -0.1) is 0 Å². The van der Waals surface area contributed by atoms with Crippen LogP contribution < -0.4 is 5.32 Å². The minimum Gasteiger partial charge on any atom is -0.505 e. The number of carbonyl (C=O) groups is 2. The van der Waals surface area contributed by atoms with Gasteiger partial charge in [-0.3, -0.25) is 9.59 Å². The van der Waals surface area contributed by atoms with Crippen LogP contribution in [-0.2, 0) is 14.8 Å². The van der Waals surface area contributed by atoms with E-state index in [4.69, 9.17) is 5.11 Å². The van der Waals surface area contributed by atoms with Gasteiger partial charge < -0.3 is 15.5 Å². The fourth-order valence-corrected chi connectivity index (χ4v) is 5.33. The van der Waals surface area contributed by atoms with Crippen molar-refractivity contribution in [2.24, 2.45) is 0 Å². The van der Waals surface area contributed by atoms with Crippen LogP contribution in [0.4, 0.5) is 0 Å². The summed E-state index contributed by atoms with van der Waals surface area (Å²) in [6.45, 7) is -0.185. The molecule has 0 fully saturated rings. The summed E-state index contributed by atoms with van der Waals surface area (Å²) in [4.78, 5) is 26.7. The number of rotatable bonds is 6. The summed E-state index contributed by atoms with van der Waals surface area (Å²) in [7, 11) is -3.71. The first kappa shape index (κ1) is 22.4. The number of pyridine rings is 1. The lowest BCUT2D eigenvalue weighted by atomic mass is 10.0. The second kappa shape index (κ2) is 9.00. The highest BCUT2D eigenvalue weighted by atomic mass is 32.2. The summed E-state index contributed by atoms with van der Waals surface area (Å²) < 4.78 is 28.0. The maximum atomic E-state index is 13.3. The Morgan fingerprint density at radius 2 is 1.88 bits per heavy atom. The van der Waals surface area contributed by atoms with E-state index in [0.717, 1.165) is 11.0 Å². The Labute approximate surface area is 190 Å². The molecule has 2 heterocycles. The minimum atomic E-state index is -3.71. The molecule has 1 amide bonds. The molecule has 3 N–H and O–H groups in total. The van der Waals surface area contributed by atoms with Gasteiger partial charge in [0, 0.05) is 24.7 Å². The summed E-state index contributed by atoms with van der Waals surface area (Å²) in [5, 5.41) is 22.5. The zero-order valence-corrected chi connectivity index (χ0v) is 18.2. The molecule has 1 aliphatic rings. The molecule has 4 rings (SSSR count). The lowest BCUT2D eigenvalue weighted by molar-refractivity contribution is -0.135. The molecule has 9 nitrogen and oxygen atoms in total. The lowest BCUT2D eigenvalue weighted by Gasteiger charge is -2.26. The zero-order chi connectivity index (χ0) is 23.6. The molecule has 0 saturated heterocycles. The van der Waals surface area contributed by atoms with Crippen LogP contribution in [0.2, 0.25) is 0 Å². The first-order chi connectivity index (χ1) is 15.8. The van der Waals surface area contributed by atoms with E-state index in [1.165, 1.54) is 16.6 Å². The van der Waals surface area contributed by atoms with E-state index in [0.29, 0.717) is 17.4 Å². The normalized spacial score (nSPS) is 14.6. The molecule has 0 atom stereocenters. The monoisotopic (exact) mass is 467 g/mol. The van der Waals surface area contributed by atoms with E-state index in [9.17, 15) is 23.1 Å². The fourth-order valence-electron chi connectivity index (χ4n) is 3.73. The smallest absolute Gasteiger partial charge is 0.322 e. The van der Waals surface area contributed by atoms with Gasteiger partial charge in [-0.2, -0.15) is 4.31 Å². The van der Waals surface area contributed by atoms with E-state index in [2.05, 4.69) is 10.3 Å². The number of carboxylic acids is 1. The standard InChI is InChI=1S/C23H21N3O6S/c27-19-12-17(13-24-22(19)23(30)25-14-21(28)29)15-8-10-26(11-9-15)33(31,32)20-7-3-5-16-4-1-2-6-18(16)20/h1-8,12-13,27H,9-11,14H2,(H,25,30)(H,28,29). The van der Waals surface area contributed by atoms with E-state index >= 15 is 0 Å². The Hall–Kier alpha value is -3.76. The highest BCUT2D eigenvalue weighted by molar-refractivity contribution is 7.89. The third-order valence-electron chi connectivity index (χ3n) is 5.39. The number of benzene rings is 2. The molecule has 1 aromatic heterocycles. The largest absolute Gasteiger partial charge is 0.505 e. The third-order valence-corrected chi connectivity index (χ3v) is 7.32. The Morgan fingerprint density at radius 3 is 2.58 bits per heavy atom. The highest BCUT2D eigenvalue weighted by Gasteiger charge is 2.28. The van der Waals surface area contributed by atoms with Gasteiger partial charge >= 0.3 is 5.97 Å². The van der Waals surface area contributed by atoms with Gasteiger partial charge in [0.25, 0.3) is 5.91 Å². The van der Waals surface area contributed by atoms with Crippen molar-refractivity contribution in [2.45, 2.75) is 11.3 Å².